The van der Waals surface area contributed by atoms with Gasteiger partial charge in [0, 0.05) is 11.6 Å². The van der Waals surface area contributed by atoms with Crippen LogP contribution in [-0.4, -0.2) is 20.7 Å². The SMILES string of the molecule is [B]C([B])(c1cccc2ncccc12)C(C)C. The molecule has 0 aliphatic rings. The highest BCUT2D eigenvalue weighted by Crippen LogP contribution is 2.30. The Bertz CT molecular complexity index is 501. The Kier molecular flexibility index (Phi) is 2.79. The molecule has 4 radical (unpaired) electrons. The van der Waals surface area contributed by atoms with Gasteiger partial charge in [0.1, 0.15) is 0 Å². The van der Waals surface area contributed by atoms with Crippen molar-refractivity contribution in [1.82, 2.24) is 4.98 Å². The molecule has 76 valence electrons. The standard InChI is InChI=1S/C13H13B2N/c1-9(2)13(14,15)11-6-3-7-12-10(11)5-4-8-16-12/h3-9H,1-2H3. The first-order chi connectivity index (χ1) is 7.53. The molecule has 2 aromatic rings. The molecule has 1 heterocycles. The third-order valence-corrected chi connectivity index (χ3v) is 3.07. The van der Waals surface area contributed by atoms with E-state index in [0.29, 0.717) is 0 Å². The van der Waals surface area contributed by atoms with Crippen LogP contribution in [0.3, 0.4) is 0 Å². The summed E-state index contributed by atoms with van der Waals surface area (Å²) < 4.78 is 0. The molecule has 0 unspecified atom stereocenters. The van der Waals surface area contributed by atoms with Gasteiger partial charge in [-0.25, -0.2) is 0 Å². The van der Waals surface area contributed by atoms with Gasteiger partial charge < -0.3 is 0 Å². The first kappa shape index (κ1) is 11.3. The number of aromatic nitrogens is 1. The highest BCUT2D eigenvalue weighted by Gasteiger charge is 2.25. The maximum absolute atomic E-state index is 6.20. The molecular weight excluding hydrogens is 192 g/mol. The second-order valence-electron chi connectivity index (χ2n) is 4.46. The average Bonchev–Trinajstić information content (AvgIpc) is 2.28. The Labute approximate surface area is 99.1 Å². The zero-order valence-corrected chi connectivity index (χ0v) is 9.64. The second kappa shape index (κ2) is 3.97. The van der Waals surface area contributed by atoms with E-state index < -0.39 is 5.21 Å². The van der Waals surface area contributed by atoms with Gasteiger partial charge in [-0.2, -0.15) is 0 Å². The Hall–Kier alpha value is -1.24. The molecule has 0 spiro atoms. The molecule has 0 fully saturated rings. The van der Waals surface area contributed by atoms with Crippen molar-refractivity contribution in [2.45, 2.75) is 19.1 Å². The van der Waals surface area contributed by atoms with E-state index in [2.05, 4.69) is 4.98 Å². The molecule has 0 aliphatic carbocycles. The van der Waals surface area contributed by atoms with Crippen molar-refractivity contribution in [3.05, 3.63) is 42.1 Å². The van der Waals surface area contributed by atoms with Gasteiger partial charge in [-0.15, -0.1) is 0 Å². The minimum Gasteiger partial charge on any atom is -0.256 e. The highest BCUT2D eigenvalue weighted by atomic mass is 14.6. The van der Waals surface area contributed by atoms with E-state index in [1.807, 2.05) is 44.2 Å². The van der Waals surface area contributed by atoms with Crippen LogP contribution in [0.4, 0.5) is 0 Å². The number of rotatable bonds is 2. The van der Waals surface area contributed by atoms with Crippen molar-refractivity contribution in [3.8, 4) is 0 Å². The quantitative estimate of drug-likeness (QED) is 0.685. The van der Waals surface area contributed by atoms with Crippen LogP contribution in [0, 0.1) is 5.92 Å². The van der Waals surface area contributed by atoms with E-state index in [4.69, 9.17) is 15.7 Å². The molecule has 0 N–H and O–H groups in total. The Morgan fingerprint density at radius 3 is 2.56 bits per heavy atom. The van der Waals surface area contributed by atoms with E-state index in [-0.39, 0.29) is 5.92 Å². The Morgan fingerprint density at radius 1 is 1.12 bits per heavy atom. The van der Waals surface area contributed by atoms with E-state index in [1.54, 1.807) is 6.20 Å². The van der Waals surface area contributed by atoms with Gasteiger partial charge in [0.05, 0.1) is 21.2 Å². The topological polar surface area (TPSA) is 12.9 Å². The van der Waals surface area contributed by atoms with Gasteiger partial charge in [0.15, 0.2) is 0 Å². The van der Waals surface area contributed by atoms with Crippen LogP contribution >= 0.6 is 0 Å². The number of fused-ring (bicyclic) bond motifs is 1. The third kappa shape index (κ3) is 1.75. The fraction of sp³-hybridized carbons (Fsp3) is 0.308. The summed E-state index contributed by atoms with van der Waals surface area (Å²) in [5.41, 5.74) is 1.88. The van der Waals surface area contributed by atoms with E-state index in [0.717, 1.165) is 16.5 Å². The van der Waals surface area contributed by atoms with Crippen LogP contribution in [0.2, 0.25) is 0 Å². The van der Waals surface area contributed by atoms with Crippen LogP contribution < -0.4 is 0 Å². The first-order valence-electron chi connectivity index (χ1n) is 5.45. The molecule has 0 saturated carbocycles. The maximum Gasteiger partial charge on any atom is 0.0704 e. The average molecular weight is 205 g/mol. The van der Waals surface area contributed by atoms with E-state index in [1.165, 1.54) is 0 Å². The zero-order chi connectivity index (χ0) is 11.8. The van der Waals surface area contributed by atoms with Crippen molar-refractivity contribution in [3.63, 3.8) is 0 Å². The highest BCUT2D eigenvalue weighted by molar-refractivity contribution is 6.41. The van der Waals surface area contributed by atoms with Crippen molar-refractivity contribution in [2.75, 3.05) is 0 Å². The second-order valence-corrected chi connectivity index (χ2v) is 4.46. The summed E-state index contributed by atoms with van der Waals surface area (Å²) in [5, 5.41) is 0.214. The van der Waals surface area contributed by atoms with Crippen molar-refractivity contribution >= 4 is 26.6 Å². The van der Waals surface area contributed by atoms with Crippen LogP contribution in [0.1, 0.15) is 19.4 Å². The monoisotopic (exact) mass is 205 g/mol. The normalized spacial score (nSPS) is 12.2. The van der Waals surface area contributed by atoms with Gasteiger partial charge in [-0.1, -0.05) is 43.2 Å². The smallest absolute Gasteiger partial charge is 0.0704 e. The first-order valence-corrected chi connectivity index (χ1v) is 5.45. The predicted octanol–water partition coefficient (Wildman–Crippen LogP) is 2.38. The number of hydrogen-bond acceptors (Lipinski definition) is 1. The van der Waals surface area contributed by atoms with Crippen LogP contribution in [0.15, 0.2) is 36.5 Å². The number of hydrogen-bond donors (Lipinski definition) is 0. The fourth-order valence-corrected chi connectivity index (χ4v) is 1.79. The largest absolute Gasteiger partial charge is 0.256 e. The lowest BCUT2D eigenvalue weighted by Crippen LogP contribution is -2.33. The minimum atomic E-state index is -0.817. The summed E-state index contributed by atoms with van der Waals surface area (Å²) >= 11 is 0. The number of nitrogens with zero attached hydrogens (tertiary/aromatic N) is 1. The molecule has 0 atom stereocenters. The molecule has 0 saturated heterocycles. The number of benzene rings is 1. The van der Waals surface area contributed by atoms with Crippen LogP contribution in [-0.2, 0) is 5.21 Å². The van der Waals surface area contributed by atoms with E-state index in [9.17, 15) is 0 Å². The van der Waals surface area contributed by atoms with Gasteiger partial charge in [0.2, 0.25) is 0 Å². The van der Waals surface area contributed by atoms with Crippen LogP contribution in [0.25, 0.3) is 10.9 Å². The van der Waals surface area contributed by atoms with Gasteiger partial charge >= 0.3 is 0 Å². The summed E-state index contributed by atoms with van der Waals surface area (Å²) in [6.45, 7) is 4.05. The summed E-state index contributed by atoms with van der Waals surface area (Å²) in [7, 11) is 12.4. The molecule has 1 aromatic carbocycles. The minimum absolute atomic E-state index is 0.165. The molecular formula is C13H13B2N. The molecule has 3 heteroatoms. The molecule has 0 aliphatic heterocycles. The summed E-state index contributed by atoms with van der Waals surface area (Å²) in [4.78, 5) is 4.30. The lowest BCUT2D eigenvalue weighted by atomic mass is 9.45. The van der Waals surface area contributed by atoms with Crippen LogP contribution in [0.5, 0.6) is 0 Å². The molecule has 1 nitrogen and oxygen atoms in total. The summed E-state index contributed by atoms with van der Waals surface area (Å²) in [6.07, 6.45) is 1.77. The summed E-state index contributed by atoms with van der Waals surface area (Å²) in [6, 6.07) is 9.80. The maximum atomic E-state index is 6.20. The number of pyridine rings is 1. The molecule has 16 heavy (non-hydrogen) atoms. The molecule has 0 bridgehead atoms. The zero-order valence-electron chi connectivity index (χ0n) is 9.64. The van der Waals surface area contributed by atoms with E-state index >= 15 is 0 Å². The summed E-state index contributed by atoms with van der Waals surface area (Å²) in [5.74, 6) is 0.165. The van der Waals surface area contributed by atoms with Crippen molar-refractivity contribution in [2.24, 2.45) is 5.92 Å². The Morgan fingerprint density at radius 2 is 1.88 bits per heavy atom. The van der Waals surface area contributed by atoms with Gasteiger partial charge in [0.25, 0.3) is 0 Å². The lowest BCUT2D eigenvalue weighted by molar-refractivity contribution is 0.573. The lowest BCUT2D eigenvalue weighted by Gasteiger charge is -2.32. The Balaban J connectivity index is 2.70. The third-order valence-electron chi connectivity index (χ3n) is 3.07. The molecule has 2 rings (SSSR count). The van der Waals surface area contributed by atoms with Gasteiger partial charge in [-0.3, -0.25) is 4.98 Å². The van der Waals surface area contributed by atoms with Gasteiger partial charge in [-0.05, 0) is 17.7 Å². The molecule has 1 aromatic heterocycles. The predicted molar refractivity (Wildman–Crippen MR) is 69.8 cm³/mol. The van der Waals surface area contributed by atoms with Crippen molar-refractivity contribution < 1.29 is 0 Å². The molecule has 0 amide bonds. The fourth-order valence-electron chi connectivity index (χ4n) is 1.79. The van der Waals surface area contributed by atoms with Crippen molar-refractivity contribution in [1.29, 1.82) is 0 Å².